The molecule has 0 spiro atoms. The molecule has 0 aliphatic heterocycles. The van der Waals surface area contributed by atoms with Gasteiger partial charge in [0.05, 0.1) is 29.5 Å². The zero-order chi connectivity index (χ0) is 13.3. The Bertz CT molecular complexity index is 589. The zero-order valence-electron chi connectivity index (χ0n) is 9.96. The van der Waals surface area contributed by atoms with Gasteiger partial charge in [0.2, 0.25) is 0 Å². The van der Waals surface area contributed by atoms with Gasteiger partial charge in [-0.1, -0.05) is 5.21 Å². The molecule has 8 heteroatoms. The summed E-state index contributed by atoms with van der Waals surface area (Å²) in [6.45, 7) is 5.02. The fourth-order valence-electron chi connectivity index (χ4n) is 1.60. The van der Waals surface area contributed by atoms with E-state index in [1.54, 1.807) is 0 Å². The maximum atomic E-state index is 10.7. The summed E-state index contributed by atoms with van der Waals surface area (Å²) in [6, 6.07) is 0. The molecule has 0 unspecified atom stereocenters. The fourth-order valence-corrected chi connectivity index (χ4v) is 1.88. The number of aromatic carboxylic acids is 1. The molecule has 0 radical (unpaired) electrons. The van der Waals surface area contributed by atoms with Crippen molar-refractivity contribution in [1.29, 1.82) is 0 Å². The molecule has 2 aromatic rings. The summed E-state index contributed by atoms with van der Waals surface area (Å²) >= 11 is 3.45. The number of carbonyl (C=O) groups is 1. The highest BCUT2D eigenvalue weighted by Gasteiger charge is 2.10. The molecule has 18 heavy (non-hydrogen) atoms. The maximum Gasteiger partial charge on any atom is 0.358 e. The van der Waals surface area contributed by atoms with Crippen LogP contribution in [-0.2, 0) is 13.1 Å². The third-order valence-electron chi connectivity index (χ3n) is 2.59. The molecule has 0 saturated carbocycles. The van der Waals surface area contributed by atoms with Gasteiger partial charge in [0.25, 0.3) is 0 Å². The van der Waals surface area contributed by atoms with Crippen molar-refractivity contribution in [3.63, 3.8) is 0 Å². The molecule has 7 nitrogen and oxygen atoms in total. The van der Waals surface area contributed by atoms with Gasteiger partial charge in [-0.05, 0) is 29.8 Å². The average molecular weight is 314 g/mol. The largest absolute Gasteiger partial charge is 0.476 e. The van der Waals surface area contributed by atoms with Crippen LogP contribution in [-0.4, -0.2) is 35.9 Å². The van der Waals surface area contributed by atoms with E-state index in [0.717, 1.165) is 15.9 Å². The van der Waals surface area contributed by atoms with E-state index in [1.165, 1.54) is 10.9 Å². The van der Waals surface area contributed by atoms with Crippen molar-refractivity contribution in [2.75, 3.05) is 0 Å². The van der Waals surface area contributed by atoms with Crippen LogP contribution in [0.2, 0.25) is 0 Å². The third-order valence-corrected chi connectivity index (χ3v) is 3.74. The van der Waals surface area contributed by atoms with Gasteiger partial charge in [-0.25, -0.2) is 9.48 Å². The molecule has 1 N–H and O–H groups in total. The van der Waals surface area contributed by atoms with E-state index in [4.69, 9.17) is 5.11 Å². The lowest BCUT2D eigenvalue weighted by molar-refractivity contribution is 0.0690. The molecule has 96 valence electrons. The predicted molar refractivity (Wildman–Crippen MR) is 66.4 cm³/mol. The van der Waals surface area contributed by atoms with Crippen molar-refractivity contribution < 1.29 is 9.90 Å². The van der Waals surface area contributed by atoms with Crippen LogP contribution < -0.4 is 0 Å². The number of hydrogen-bond acceptors (Lipinski definition) is 4. The quantitative estimate of drug-likeness (QED) is 0.918. The minimum absolute atomic E-state index is 0.0513. The second-order valence-corrected chi connectivity index (χ2v) is 4.67. The maximum absolute atomic E-state index is 10.7. The number of aromatic nitrogens is 5. The number of aryl methyl sites for hydroxylation is 3. The average Bonchev–Trinajstić information content (AvgIpc) is 2.88. The van der Waals surface area contributed by atoms with E-state index in [2.05, 4.69) is 31.3 Å². The summed E-state index contributed by atoms with van der Waals surface area (Å²) < 4.78 is 4.34. The van der Waals surface area contributed by atoms with Crippen molar-refractivity contribution >= 4 is 21.9 Å². The summed E-state index contributed by atoms with van der Waals surface area (Å²) in [6.07, 6.45) is 1.41. The SMILES string of the molecule is Cc1nn(CCn2cc(C(=O)O)nn2)c(C)c1Br. The van der Waals surface area contributed by atoms with Crippen LogP contribution in [0.25, 0.3) is 0 Å². The predicted octanol–water partition coefficient (Wildman–Crippen LogP) is 1.25. The highest BCUT2D eigenvalue weighted by molar-refractivity contribution is 9.10. The highest BCUT2D eigenvalue weighted by atomic mass is 79.9. The van der Waals surface area contributed by atoms with Crippen molar-refractivity contribution in [2.24, 2.45) is 0 Å². The summed E-state index contributed by atoms with van der Waals surface area (Å²) in [5.74, 6) is -1.07. The molecule has 2 heterocycles. The molecule has 0 fully saturated rings. The Morgan fingerprint density at radius 3 is 2.67 bits per heavy atom. The first-order chi connectivity index (χ1) is 8.49. The van der Waals surface area contributed by atoms with E-state index in [0.29, 0.717) is 13.1 Å². The second-order valence-electron chi connectivity index (χ2n) is 3.88. The summed E-state index contributed by atoms with van der Waals surface area (Å²) in [7, 11) is 0. The highest BCUT2D eigenvalue weighted by Crippen LogP contribution is 2.19. The van der Waals surface area contributed by atoms with Gasteiger partial charge < -0.3 is 5.11 Å². The Morgan fingerprint density at radius 1 is 1.44 bits per heavy atom. The molecule has 0 saturated heterocycles. The number of nitrogens with zero attached hydrogens (tertiary/aromatic N) is 5. The molecule has 0 aromatic carbocycles. The summed E-state index contributed by atoms with van der Waals surface area (Å²) in [5.41, 5.74) is 1.91. The Hall–Kier alpha value is -1.70. The molecule has 0 amide bonds. The normalized spacial score (nSPS) is 10.8. The van der Waals surface area contributed by atoms with Gasteiger partial charge in [-0.15, -0.1) is 5.10 Å². The molecule has 0 aliphatic rings. The Kier molecular flexibility index (Phi) is 3.46. The monoisotopic (exact) mass is 313 g/mol. The molecular weight excluding hydrogens is 302 g/mol. The first-order valence-electron chi connectivity index (χ1n) is 5.32. The lowest BCUT2D eigenvalue weighted by atomic mass is 10.4. The van der Waals surface area contributed by atoms with Gasteiger partial charge in [0, 0.05) is 5.69 Å². The number of carboxylic acids is 1. The summed E-state index contributed by atoms with van der Waals surface area (Å²) in [5, 5.41) is 20.4. The smallest absolute Gasteiger partial charge is 0.358 e. The van der Waals surface area contributed by atoms with Crippen molar-refractivity contribution in [1.82, 2.24) is 24.8 Å². The van der Waals surface area contributed by atoms with Gasteiger partial charge in [-0.2, -0.15) is 5.10 Å². The summed E-state index contributed by atoms with van der Waals surface area (Å²) in [4.78, 5) is 10.7. The van der Waals surface area contributed by atoms with Crippen LogP contribution in [0.1, 0.15) is 21.9 Å². The van der Waals surface area contributed by atoms with Crippen LogP contribution in [0, 0.1) is 13.8 Å². The first-order valence-corrected chi connectivity index (χ1v) is 6.11. The van der Waals surface area contributed by atoms with Gasteiger partial charge >= 0.3 is 5.97 Å². The lowest BCUT2D eigenvalue weighted by Gasteiger charge is -2.03. The number of carboxylic acid groups (broad SMARTS) is 1. The fraction of sp³-hybridized carbons (Fsp3) is 0.400. The second kappa shape index (κ2) is 4.89. The van der Waals surface area contributed by atoms with Crippen LogP contribution in [0.4, 0.5) is 0 Å². The zero-order valence-corrected chi connectivity index (χ0v) is 11.5. The number of rotatable bonds is 4. The molecular formula is C10H12BrN5O2. The van der Waals surface area contributed by atoms with E-state index in [1.807, 2.05) is 18.5 Å². The Labute approximate surface area is 112 Å². The minimum atomic E-state index is -1.07. The van der Waals surface area contributed by atoms with Gasteiger partial charge in [0.15, 0.2) is 5.69 Å². The van der Waals surface area contributed by atoms with Crippen molar-refractivity contribution in [3.8, 4) is 0 Å². The van der Waals surface area contributed by atoms with Crippen LogP contribution >= 0.6 is 15.9 Å². The van der Waals surface area contributed by atoms with E-state index >= 15 is 0 Å². The lowest BCUT2D eigenvalue weighted by Crippen LogP contribution is -2.10. The van der Waals surface area contributed by atoms with Gasteiger partial charge in [-0.3, -0.25) is 4.68 Å². The Morgan fingerprint density at radius 2 is 2.17 bits per heavy atom. The van der Waals surface area contributed by atoms with Crippen LogP contribution in [0.15, 0.2) is 10.7 Å². The number of hydrogen-bond donors (Lipinski definition) is 1. The van der Waals surface area contributed by atoms with E-state index in [9.17, 15) is 4.79 Å². The van der Waals surface area contributed by atoms with Crippen LogP contribution in [0.3, 0.4) is 0 Å². The molecule has 2 aromatic heterocycles. The van der Waals surface area contributed by atoms with Crippen LogP contribution in [0.5, 0.6) is 0 Å². The van der Waals surface area contributed by atoms with E-state index < -0.39 is 5.97 Å². The topological polar surface area (TPSA) is 85.8 Å². The first kappa shape index (κ1) is 12.7. The van der Waals surface area contributed by atoms with E-state index in [-0.39, 0.29) is 5.69 Å². The molecule has 0 atom stereocenters. The Balaban J connectivity index is 2.06. The molecule has 0 bridgehead atoms. The molecule has 0 aliphatic carbocycles. The third kappa shape index (κ3) is 2.42. The standard InChI is InChI=1S/C10H12BrN5O2/c1-6-9(11)7(2)16(13-6)4-3-15-5-8(10(17)18)12-14-15/h5H,3-4H2,1-2H3,(H,17,18). The van der Waals surface area contributed by atoms with Crippen molar-refractivity contribution in [3.05, 3.63) is 27.8 Å². The minimum Gasteiger partial charge on any atom is -0.476 e. The molecule has 2 rings (SSSR count). The van der Waals surface area contributed by atoms with Gasteiger partial charge in [0.1, 0.15) is 0 Å². The van der Waals surface area contributed by atoms with Crippen molar-refractivity contribution in [2.45, 2.75) is 26.9 Å². The number of halogens is 1.